The Hall–Kier alpha value is -1.39. The molecule has 0 bridgehead atoms. The lowest BCUT2D eigenvalue weighted by atomic mass is 9.52. The van der Waals surface area contributed by atoms with E-state index in [1.807, 2.05) is 20.8 Å². The minimum absolute atomic E-state index is 0.120. The van der Waals surface area contributed by atoms with Crippen molar-refractivity contribution in [3.05, 3.63) is 0 Å². The van der Waals surface area contributed by atoms with Crippen molar-refractivity contribution in [2.45, 2.75) is 40.0 Å². The van der Waals surface area contributed by atoms with Gasteiger partial charge in [-0.25, -0.2) is 0 Å². The number of rotatable bonds is 3. The van der Waals surface area contributed by atoms with Gasteiger partial charge >= 0.3 is 11.9 Å². The Kier molecular flexibility index (Phi) is 3.65. The molecule has 1 saturated carbocycles. The maximum absolute atomic E-state index is 12.5. The Bertz CT molecular complexity index is 457. The molecule has 1 saturated heterocycles. The van der Waals surface area contributed by atoms with E-state index in [4.69, 9.17) is 9.47 Å². The first-order valence-electron chi connectivity index (χ1n) is 7.04. The molecule has 0 aromatic carbocycles. The molecule has 0 radical (unpaired) electrons. The third-order valence-corrected chi connectivity index (χ3v) is 5.54. The molecule has 0 aromatic rings. The summed E-state index contributed by atoms with van der Waals surface area (Å²) in [4.78, 5) is 36.0. The topological polar surface area (TPSA) is 69.7 Å². The van der Waals surface area contributed by atoms with E-state index in [2.05, 4.69) is 0 Å². The van der Waals surface area contributed by atoms with Gasteiger partial charge in [-0.3, -0.25) is 14.4 Å². The number of cyclic esters (lactones) is 1. The molecule has 5 nitrogen and oxygen atoms in total. The number of carbonyl (C=O) groups is 3. The van der Waals surface area contributed by atoms with Gasteiger partial charge < -0.3 is 9.47 Å². The van der Waals surface area contributed by atoms with Crippen LogP contribution in [0.4, 0.5) is 0 Å². The lowest BCUT2D eigenvalue weighted by Crippen LogP contribution is -2.53. The molecule has 2 rings (SSSR count). The highest BCUT2D eigenvalue weighted by atomic mass is 16.5. The number of Topliss-reactive ketones (excluding diaryl/α,β-unsaturated/α-hetero) is 1. The van der Waals surface area contributed by atoms with Crippen LogP contribution in [0.3, 0.4) is 0 Å². The van der Waals surface area contributed by atoms with Crippen LogP contribution in [0.15, 0.2) is 0 Å². The van der Waals surface area contributed by atoms with Gasteiger partial charge in [0.15, 0.2) is 0 Å². The molecule has 0 spiro atoms. The van der Waals surface area contributed by atoms with E-state index in [0.717, 1.165) is 0 Å². The lowest BCUT2D eigenvalue weighted by Gasteiger charge is -2.47. The quantitative estimate of drug-likeness (QED) is 0.737. The highest BCUT2D eigenvalue weighted by molar-refractivity contribution is 5.91. The minimum atomic E-state index is -0.715. The lowest BCUT2D eigenvalue weighted by molar-refractivity contribution is -0.153. The number of ketones is 1. The van der Waals surface area contributed by atoms with Crippen molar-refractivity contribution in [2.24, 2.45) is 22.7 Å². The van der Waals surface area contributed by atoms with Crippen molar-refractivity contribution in [2.75, 3.05) is 13.7 Å². The standard InChI is InChI=1S/C15H22O5/c1-9(7-12(17)19-4)15(3)10-8-20-13(18)14(10,2)6-5-11(15)16/h9-10H,5-8H2,1-4H3/t9-,10+,14+,15-/m1/s1. The average Bonchev–Trinajstić information content (AvgIpc) is 2.71. The summed E-state index contributed by atoms with van der Waals surface area (Å²) in [6.45, 7) is 5.89. The van der Waals surface area contributed by atoms with Gasteiger partial charge in [0.05, 0.1) is 19.1 Å². The van der Waals surface area contributed by atoms with E-state index in [0.29, 0.717) is 12.8 Å². The molecule has 1 aliphatic carbocycles. The summed E-state index contributed by atoms with van der Waals surface area (Å²) in [6.07, 6.45) is 1.08. The fourth-order valence-corrected chi connectivity index (χ4v) is 3.76. The van der Waals surface area contributed by atoms with Gasteiger partial charge in [0.25, 0.3) is 0 Å². The molecular weight excluding hydrogens is 260 g/mol. The molecule has 112 valence electrons. The number of hydrogen-bond donors (Lipinski definition) is 0. The zero-order valence-corrected chi connectivity index (χ0v) is 12.5. The van der Waals surface area contributed by atoms with E-state index >= 15 is 0 Å². The third kappa shape index (κ3) is 1.95. The van der Waals surface area contributed by atoms with Crippen molar-refractivity contribution in [1.29, 1.82) is 0 Å². The second-order valence-corrected chi connectivity index (χ2v) is 6.46. The van der Waals surface area contributed by atoms with Gasteiger partial charge in [0.1, 0.15) is 5.78 Å². The monoisotopic (exact) mass is 282 g/mol. The Morgan fingerprint density at radius 1 is 1.45 bits per heavy atom. The smallest absolute Gasteiger partial charge is 0.312 e. The molecular formula is C15H22O5. The van der Waals surface area contributed by atoms with Crippen molar-refractivity contribution in [1.82, 2.24) is 0 Å². The SMILES string of the molecule is COC(=O)C[C@@H](C)[C@@]1(C)C(=O)CC[C@]2(C)C(=O)OC[C@H]12. The Morgan fingerprint density at radius 3 is 2.70 bits per heavy atom. The van der Waals surface area contributed by atoms with Crippen LogP contribution in [0.1, 0.15) is 40.0 Å². The van der Waals surface area contributed by atoms with Crippen LogP contribution in [-0.4, -0.2) is 31.4 Å². The van der Waals surface area contributed by atoms with Crippen molar-refractivity contribution < 1.29 is 23.9 Å². The zero-order chi connectivity index (χ0) is 15.1. The first kappa shape index (κ1) is 15.0. The fraction of sp³-hybridized carbons (Fsp3) is 0.800. The summed E-state index contributed by atoms with van der Waals surface area (Å²) in [5.74, 6) is -0.768. The number of ether oxygens (including phenoxy) is 2. The highest BCUT2D eigenvalue weighted by Crippen LogP contribution is 2.56. The van der Waals surface area contributed by atoms with E-state index in [-0.39, 0.29) is 42.6 Å². The molecule has 1 aliphatic heterocycles. The van der Waals surface area contributed by atoms with Crippen LogP contribution >= 0.6 is 0 Å². The molecule has 20 heavy (non-hydrogen) atoms. The van der Waals surface area contributed by atoms with Crippen LogP contribution in [-0.2, 0) is 23.9 Å². The van der Waals surface area contributed by atoms with Crippen LogP contribution in [0, 0.1) is 22.7 Å². The van der Waals surface area contributed by atoms with Crippen LogP contribution < -0.4 is 0 Å². The van der Waals surface area contributed by atoms with E-state index in [1.54, 1.807) is 0 Å². The van der Waals surface area contributed by atoms with E-state index in [1.165, 1.54) is 7.11 Å². The number of esters is 2. The maximum atomic E-state index is 12.5. The summed E-state index contributed by atoms with van der Waals surface area (Å²) in [5, 5.41) is 0. The molecule has 5 heteroatoms. The minimum Gasteiger partial charge on any atom is -0.469 e. The van der Waals surface area contributed by atoms with Gasteiger partial charge in [0.2, 0.25) is 0 Å². The Balaban J connectivity index is 2.33. The Labute approximate surface area is 119 Å². The summed E-state index contributed by atoms with van der Waals surface area (Å²) in [6, 6.07) is 0. The van der Waals surface area contributed by atoms with Crippen LogP contribution in [0.25, 0.3) is 0 Å². The zero-order valence-electron chi connectivity index (χ0n) is 12.5. The van der Waals surface area contributed by atoms with Gasteiger partial charge in [-0.1, -0.05) is 13.8 Å². The summed E-state index contributed by atoms with van der Waals surface area (Å²) >= 11 is 0. The molecule has 0 unspecified atom stereocenters. The highest BCUT2D eigenvalue weighted by Gasteiger charge is 2.62. The van der Waals surface area contributed by atoms with Crippen LogP contribution in [0.2, 0.25) is 0 Å². The van der Waals surface area contributed by atoms with Crippen molar-refractivity contribution in [3.8, 4) is 0 Å². The van der Waals surface area contributed by atoms with Gasteiger partial charge in [0, 0.05) is 24.2 Å². The third-order valence-electron chi connectivity index (χ3n) is 5.54. The summed E-state index contributed by atoms with van der Waals surface area (Å²) in [7, 11) is 1.34. The van der Waals surface area contributed by atoms with Crippen molar-refractivity contribution >= 4 is 17.7 Å². The number of fused-ring (bicyclic) bond motifs is 1. The molecule has 2 fully saturated rings. The predicted molar refractivity (Wildman–Crippen MR) is 70.7 cm³/mol. The second-order valence-electron chi connectivity index (χ2n) is 6.46. The molecule has 0 N–H and O–H groups in total. The molecule has 1 heterocycles. The van der Waals surface area contributed by atoms with Crippen molar-refractivity contribution in [3.63, 3.8) is 0 Å². The first-order valence-corrected chi connectivity index (χ1v) is 7.04. The number of hydrogen-bond acceptors (Lipinski definition) is 5. The first-order chi connectivity index (χ1) is 9.26. The molecule has 4 atom stereocenters. The van der Waals surface area contributed by atoms with Gasteiger partial charge in [-0.2, -0.15) is 0 Å². The molecule has 0 aromatic heterocycles. The second kappa shape index (κ2) is 4.86. The number of methoxy groups -OCH3 is 1. The van der Waals surface area contributed by atoms with Gasteiger partial charge in [-0.05, 0) is 19.3 Å². The van der Waals surface area contributed by atoms with E-state index < -0.39 is 10.8 Å². The maximum Gasteiger partial charge on any atom is 0.312 e. The van der Waals surface area contributed by atoms with E-state index in [9.17, 15) is 14.4 Å². The number of carbonyl (C=O) groups excluding carboxylic acids is 3. The Morgan fingerprint density at radius 2 is 2.10 bits per heavy atom. The van der Waals surface area contributed by atoms with Crippen LogP contribution in [0.5, 0.6) is 0 Å². The molecule has 0 amide bonds. The van der Waals surface area contributed by atoms with Gasteiger partial charge in [-0.15, -0.1) is 0 Å². The summed E-state index contributed by atoms with van der Waals surface area (Å²) in [5.41, 5.74) is -1.32. The normalized spacial score (nSPS) is 38.1. The fourth-order valence-electron chi connectivity index (χ4n) is 3.76. The predicted octanol–water partition coefficient (Wildman–Crippen LogP) is 1.73. The largest absolute Gasteiger partial charge is 0.469 e. The molecule has 2 aliphatic rings. The average molecular weight is 282 g/mol. The summed E-state index contributed by atoms with van der Waals surface area (Å²) < 4.78 is 9.92.